The van der Waals surface area contributed by atoms with Crippen molar-refractivity contribution in [2.75, 3.05) is 0 Å². The number of imidazole rings is 1. The number of hydrogen-bond acceptors (Lipinski definition) is 2. The summed E-state index contributed by atoms with van der Waals surface area (Å²) in [6, 6.07) is 0. The highest BCUT2D eigenvalue weighted by Gasteiger charge is 2.17. The fourth-order valence-corrected chi connectivity index (χ4v) is 3.47. The number of carbonyl (C=O) groups is 1. The molecule has 4 nitrogen and oxygen atoms in total. The first-order valence-corrected chi connectivity index (χ1v) is 8.13. The van der Waals surface area contributed by atoms with Crippen LogP contribution in [-0.4, -0.2) is 15.5 Å². The van der Waals surface area contributed by atoms with Crippen LogP contribution in [-0.2, 0) is 24.3 Å². The molecule has 0 spiro atoms. The maximum Gasteiger partial charge on any atom is 0.220 e. The van der Waals surface area contributed by atoms with E-state index >= 15 is 0 Å². The Morgan fingerprint density at radius 1 is 1.25 bits per heavy atom. The van der Waals surface area contributed by atoms with Crippen LogP contribution in [0.25, 0.3) is 0 Å². The van der Waals surface area contributed by atoms with Gasteiger partial charge in [-0.2, -0.15) is 0 Å². The van der Waals surface area contributed by atoms with Crippen molar-refractivity contribution < 1.29 is 4.79 Å². The van der Waals surface area contributed by atoms with E-state index in [1.54, 1.807) is 0 Å². The van der Waals surface area contributed by atoms with Crippen molar-refractivity contribution in [3.63, 3.8) is 0 Å². The molecule has 0 atom stereocenters. The van der Waals surface area contributed by atoms with Crippen molar-refractivity contribution in [2.45, 2.75) is 70.9 Å². The van der Waals surface area contributed by atoms with Crippen LogP contribution in [0.2, 0.25) is 0 Å². The van der Waals surface area contributed by atoms with Gasteiger partial charge in [-0.25, -0.2) is 4.98 Å². The van der Waals surface area contributed by atoms with E-state index in [2.05, 4.69) is 21.1 Å². The van der Waals surface area contributed by atoms with Crippen molar-refractivity contribution in [3.05, 3.63) is 17.7 Å². The summed E-state index contributed by atoms with van der Waals surface area (Å²) in [5.41, 5.74) is 1.01. The largest absolute Gasteiger partial charge is 0.350 e. The summed E-state index contributed by atoms with van der Waals surface area (Å²) in [6.07, 6.45) is 12.8. The highest BCUT2D eigenvalue weighted by atomic mass is 16.1. The Bertz CT molecular complexity index is 437. The Kier molecular flexibility index (Phi) is 4.38. The zero-order chi connectivity index (χ0) is 13.8. The fraction of sp³-hybridized carbons (Fsp3) is 0.750. The summed E-state index contributed by atoms with van der Waals surface area (Å²) in [7, 11) is 0. The van der Waals surface area contributed by atoms with Gasteiger partial charge in [0.15, 0.2) is 0 Å². The average molecular weight is 275 g/mol. The molecule has 0 bridgehead atoms. The number of aryl methyl sites for hydroxylation is 2. The van der Waals surface area contributed by atoms with Gasteiger partial charge < -0.3 is 9.88 Å². The SMILES string of the molecule is O=C(CC1CCCCC1)NCc1cn2c(n1)CCCC2. The monoisotopic (exact) mass is 275 g/mol. The minimum Gasteiger partial charge on any atom is -0.350 e. The Balaban J connectivity index is 1.46. The molecule has 1 aromatic heterocycles. The lowest BCUT2D eigenvalue weighted by molar-refractivity contribution is -0.122. The summed E-state index contributed by atoms with van der Waals surface area (Å²) in [5.74, 6) is 2.00. The highest BCUT2D eigenvalue weighted by Crippen LogP contribution is 2.26. The molecule has 1 N–H and O–H groups in total. The molecule has 2 heterocycles. The van der Waals surface area contributed by atoms with Gasteiger partial charge in [0, 0.05) is 25.6 Å². The van der Waals surface area contributed by atoms with Crippen molar-refractivity contribution in [1.82, 2.24) is 14.9 Å². The minimum atomic E-state index is 0.197. The van der Waals surface area contributed by atoms with Gasteiger partial charge >= 0.3 is 0 Å². The van der Waals surface area contributed by atoms with Gasteiger partial charge in [-0.05, 0) is 31.6 Å². The predicted molar refractivity (Wildman–Crippen MR) is 78.2 cm³/mol. The first kappa shape index (κ1) is 13.7. The molecule has 0 saturated heterocycles. The van der Waals surface area contributed by atoms with Crippen LogP contribution in [0.1, 0.15) is 62.9 Å². The van der Waals surface area contributed by atoms with Gasteiger partial charge in [0.05, 0.1) is 12.2 Å². The van der Waals surface area contributed by atoms with Gasteiger partial charge in [-0.1, -0.05) is 19.3 Å². The quantitative estimate of drug-likeness (QED) is 0.918. The number of aromatic nitrogens is 2. The third kappa shape index (κ3) is 3.41. The molecule has 110 valence electrons. The van der Waals surface area contributed by atoms with Crippen LogP contribution < -0.4 is 5.32 Å². The third-order valence-electron chi connectivity index (χ3n) is 4.62. The molecule has 0 aromatic carbocycles. The molecule has 0 unspecified atom stereocenters. The Morgan fingerprint density at radius 3 is 2.90 bits per heavy atom. The second-order valence-electron chi connectivity index (χ2n) is 6.28. The molecule has 4 heteroatoms. The van der Waals surface area contributed by atoms with E-state index in [9.17, 15) is 4.79 Å². The number of rotatable bonds is 4. The van der Waals surface area contributed by atoms with E-state index in [-0.39, 0.29) is 5.91 Å². The maximum atomic E-state index is 12.0. The number of nitrogens with one attached hydrogen (secondary N) is 1. The molecular weight excluding hydrogens is 250 g/mol. The third-order valence-corrected chi connectivity index (χ3v) is 4.62. The summed E-state index contributed by atoms with van der Waals surface area (Å²) < 4.78 is 2.24. The molecule has 1 amide bonds. The van der Waals surface area contributed by atoms with Gasteiger partial charge in [-0.15, -0.1) is 0 Å². The van der Waals surface area contributed by atoms with Crippen molar-refractivity contribution in [2.24, 2.45) is 5.92 Å². The van der Waals surface area contributed by atoms with Crippen molar-refractivity contribution in [3.8, 4) is 0 Å². The van der Waals surface area contributed by atoms with Crippen molar-refractivity contribution >= 4 is 5.91 Å². The average Bonchev–Trinajstić information content (AvgIpc) is 2.89. The van der Waals surface area contributed by atoms with Gasteiger partial charge in [0.2, 0.25) is 5.91 Å². The zero-order valence-corrected chi connectivity index (χ0v) is 12.2. The van der Waals surface area contributed by atoms with Gasteiger partial charge in [-0.3, -0.25) is 4.79 Å². The van der Waals surface area contributed by atoms with Gasteiger partial charge in [0.25, 0.3) is 0 Å². The number of carbonyl (C=O) groups excluding carboxylic acids is 1. The first-order valence-electron chi connectivity index (χ1n) is 8.13. The summed E-state index contributed by atoms with van der Waals surface area (Å²) in [4.78, 5) is 16.6. The lowest BCUT2D eigenvalue weighted by Crippen LogP contribution is -2.26. The van der Waals surface area contributed by atoms with Crippen LogP contribution >= 0.6 is 0 Å². The Hall–Kier alpha value is -1.32. The molecule has 2 aliphatic rings. The first-order chi connectivity index (χ1) is 9.81. The summed E-state index contributed by atoms with van der Waals surface area (Å²) >= 11 is 0. The predicted octanol–water partition coefficient (Wildman–Crippen LogP) is 2.81. The van der Waals surface area contributed by atoms with Crippen LogP contribution in [0.5, 0.6) is 0 Å². The Morgan fingerprint density at radius 2 is 2.10 bits per heavy atom. The van der Waals surface area contributed by atoms with Gasteiger partial charge in [0.1, 0.15) is 5.82 Å². The van der Waals surface area contributed by atoms with E-state index in [0.29, 0.717) is 18.9 Å². The van der Waals surface area contributed by atoms with E-state index in [1.165, 1.54) is 50.8 Å². The Labute approximate surface area is 121 Å². The number of amides is 1. The molecule has 1 fully saturated rings. The summed E-state index contributed by atoms with van der Waals surface area (Å²) in [6.45, 7) is 1.67. The highest BCUT2D eigenvalue weighted by molar-refractivity contribution is 5.76. The lowest BCUT2D eigenvalue weighted by atomic mass is 9.87. The number of nitrogens with zero attached hydrogens (tertiary/aromatic N) is 2. The number of hydrogen-bond donors (Lipinski definition) is 1. The smallest absolute Gasteiger partial charge is 0.220 e. The number of fused-ring (bicyclic) bond motifs is 1. The van der Waals surface area contributed by atoms with Crippen LogP contribution in [0.3, 0.4) is 0 Å². The van der Waals surface area contributed by atoms with Crippen LogP contribution in [0.15, 0.2) is 6.20 Å². The topological polar surface area (TPSA) is 46.9 Å². The standard InChI is InChI=1S/C16H25N3O/c20-16(10-13-6-2-1-3-7-13)17-11-14-12-19-9-5-4-8-15(19)18-14/h12-13H,1-11H2,(H,17,20). The van der Waals surface area contributed by atoms with E-state index in [1.807, 2.05) is 0 Å². The molecule has 0 radical (unpaired) electrons. The van der Waals surface area contributed by atoms with E-state index in [0.717, 1.165) is 18.7 Å². The molecule has 1 aliphatic carbocycles. The summed E-state index contributed by atoms with van der Waals surface area (Å²) in [5, 5.41) is 3.04. The van der Waals surface area contributed by atoms with Crippen LogP contribution in [0, 0.1) is 5.92 Å². The second kappa shape index (κ2) is 6.42. The minimum absolute atomic E-state index is 0.197. The van der Waals surface area contributed by atoms with Crippen LogP contribution in [0.4, 0.5) is 0 Å². The second-order valence-corrected chi connectivity index (χ2v) is 6.28. The molecular formula is C16H25N3O. The fourth-order valence-electron chi connectivity index (χ4n) is 3.47. The van der Waals surface area contributed by atoms with Crippen molar-refractivity contribution in [1.29, 1.82) is 0 Å². The maximum absolute atomic E-state index is 12.0. The molecule has 3 rings (SSSR count). The van der Waals surface area contributed by atoms with E-state index < -0.39 is 0 Å². The molecule has 1 saturated carbocycles. The molecule has 1 aliphatic heterocycles. The van der Waals surface area contributed by atoms with E-state index in [4.69, 9.17) is 0 Å². The molecule has 1 aromatic rings. The normalized spacial score (nSPS) is 19.6. The lowest BCUT2D eigenvalue weighted by Gasteiger charge is -2.20. The molecule has 20 heavy (non-hydrogen) atoms. The zero-order valence-electron chi connectivity index (χ0n) is 12.2.